The molecule has 5 unspecified atom stereocenters. The maximum atomic E-state index is 15.6. The van der Waals surface area contributed by atoms with Crippen LogP contribution in [0.4, 0.5) is 24.1 Å². The number of nitrogens with zero attached hydrogens (tertiary/aromatic N) is 1. The molecule has 202 valence electrons. The second kappa shape index (κ2) is 9.68. The highest BCUT2D eigenvalue weighted by Crippen LogP contribution is 2.41. The summed E-state index contributed by atoms with van der Waals surface area (Å²) in [5, 5.41) is 13.1. The first-order chi connectivity index (χ1) is 17.3. The van der Waals surface area contributed by atoms with Crippen LogP contribution in [0.15, 0.2) is 24.3 Å². The zero-order valence-corrected chi connectivity index (χ0v) is 19.6. The van der Waals surface area contributed by atoms with Crippen LogP contribution in [0.25, 0.3) is 0 Å². The molecule has 3 aliphatic rings. The molecule has 14 nitrogen and oxygen atoms in total. The molecule has 0 saturated carbocycles. The van der Waals surface area contributed by atoms with E-state index in [-0.39, 0.29) is 18.0 Å². The predicted molar refractivity (Wildman–Crippen MR) is 112 cm³/mol. The van der Waals surface area contributed by atoms with Crippen molar-refractivity contribution in [3.05, 3.63) is 34.4 Å². The predicted octanol–water partition coefficient (Wildman–Crippen LogP) is 1.68. The first-order valence-electron chi connectivity index (χ1n) is 10.9. The smallest absolute Gasteiger partial charge is 0.465 e. The molecular weight excluding hydrogens is 510 g/mol. The highest BCUT2D eigenvalue weighted by atomic mass is 19.2. The summed E-state index contributed by atoms with van der Waals surface area (Å²) in [5.41, 5.74) is -0.265. The second-order valence-corrected chi connectivity index (χ2v) is 8.71. The number of alkyl carbamates (subject to hydrolysis) is 1. The molecule has 4 rings (SSSR count). The van der Waals surface area contributed by atoms with Gasteiger partial charge in [-0.25, -0.2) is 18.8 Å². The van der Waals surface area contributed by atoms with Gasteiger partial charge in [0.1, 0.15) is 24.0 Å². The topological polar surface area (TPSA) is 171 Å². The lowest BCUT2D eigenvalue weighted by Gasteiger charge is -2.43. The lowest BCUT2D eigenvalue weighted by molar-refractivity contribution is -0.384. The number of rotatable bonds is 6. The molecule has 3 aliphatic heterocycles. The number of esters is 1. The van der Waals surface area contributed by atoms with E-state index in [0.717, 1.165) is 31.4 Å². The number of hydrogen-bond donors (Lipinski definition) is 1. The molecule has 3 saturated heterocycles. The number of non-ortho nitro benzene ring substituents is 1. The number of amides is 1. The molecule has 1 aromatic rings. The highest BCUT2D eigenvalue weighted by molar-refractivity contribution is 5.79. The van der Waals surface area contributed by atoms with Crippen molar-refractivity contribution in [1.29, 1.82) is 0 Å². The van der Waals surface area contributed by atoms with Crippen LogP contribution in [-0.4, -0.2) is 85.1 Å². The van der Waals surface area contributed by atoms with Gasteiger partial charge < -0.3 is 38.5 Å². The number of fused-ring (bicyclic) bond motifs is 1. The van der Waals surface area contributed by atoms with Gasteiger partial charge in [0.15, 0.2) is 18.0 Å². The monoisotopic (exact) mass is 532 g/mol. The number of nitro groups is 1. The summed E-state index contributed by atoms with van der Waals surface area (Å²) in [7, 11) is 0.797. The summed E-state index contributed by atoms with van der Waals surface area (Å²) in [6, 6.07) is 2.98. The first kappa shape index (κ1) is 26.4. The zero-order valence-electron chi connectivity index (χ0n) is 19.6. The van der Waals surface area contributed by atoms with Gasteiger partial charge in [-0.1, -0.05) is 0 Å². The molecule has 3 heterocycles. The van der Waals surface area contributed by atoms with E-state index in [4.69, 9.17) is 28.4 Å². The Labute approximate surface area is 207 Å². The minimum absolute atomic E-state index is 0.142. The van der Waals surface area contributed by atoms with Gasteiger partial charge >= 0.3 is 24.1 Å². The van der Waals surface area contributed by atoms with Crippen LogP contribution in [0, 0.1) is 10.1 Å². The van der Waals surface area contributed by atoms with E-state index in [0.29, 0.717) is 0 Å². The summed E-state index contributed by atoms with van der Waals surface area (Å²) in [4.78, 5) is 46.9. The minimum Gasteiger partial charge on any atom is -0.465 e. The second-order valence-electron chi connectivity index (χ2n) is 8.71. The summed E-state index contributed by atoms with van der Waals surface area (Å²) in [6.07, 6.45) is -11.7. The molecule has 0 aliphatic carbocycles. The molecular formula is C21H22F2N2O12. The number of alkyl halides is 2. The van der Waals surface area contributed by atoms with Crippen LogP contribution in [0.1, 0.15) is 13.8 Å². The van der Waals surface area contributed by atoms with Crippen molar-refractivity contribution in [1.82, 2.24) is 5.32 Å². The number of halogens is 2. The van der Waals surface area contributed by atoms with E-state index in [2.05, 4.69) is 10.1 Å². The molecule has 16 heteroatoms. The first-order valence-corrected chi connectivity index (χ1v) is 10.9. The number of ether oxygens (including phenoxy) is 7. The summed E-state index contributed by atoms with van der Waals surface area (Å²) >= 11 is 0. The Bertz CT molecular complexity index is 1090. The van der Waals surface area contributed by atoms with Crippen molar-refractivity contribution in [2.45, 2.75) is 62.1 Å². The Kier molecular flexibility index (Phi) is 6.91. The fourth-order valence-electron chi connectivity index (χ4n) is 4.18. The Morgan fingerprint density at radius 3 is 2.49 bits per heavy atom. The number of nitrogens with one attached hydrogen (secondary N) is 1. The van der Waals surface area contributed by atoms with Crippen LogP contribution >= 0.6 is 0 Å². The van der Waals surface area contributed by atoms with Gasteiger partial charge in [-0.3, -0.25) is 10.1 Å². The Hall–Kier alpha value is -3.63. The summed E-state index contributed by atoms with van der Waals surface area (Å²) in [6.45, 7) is 2.86. The molecule has 3 fully saturated rings. The fourth-order valence-corrected chi connectivity index (χ4v) is 4.18. The molecule has 1 amide bonds. The molecule has 7 atom stereocenters. The average molecular weight is 532 g/mol. The number of hydrogen-bond acceptors (Lipinski definition) is 12. The normalized spacial score (nSPS) is 32.9. The SMILES string of the molecule is COC(=O)C1(F)OC([C@H](OC(=O)Oc2ccc([N+](=O)[O-])cc2)[C@H]2COC(C)(C)O2)C2NC(=O)OC2C1F. The molecule has 1 aromatic carbocycles. The van der Waals surface area contributed by atoms with Crippen molar-refractivity contribution in [2.75, 3.05) is 13.7 Å². The number of nitro benzene ring substituents is 1. The molecule has 0 bridgehead atoms. The third kappa shape index (κ3) is 5.12. The number of carbonyl (C=O) groups is 3. The molecule has 37 heavy (non-hydrogen) atoms. The molecule has 1 N–H and O–H groups in total. The van der Waals surface area contributed by atoms with Gasteiger partial charge in [-0.05, 0) is 26.0 Å². The zero-order chi connectivity index (χ0) is 27.1. The Balaban J connectivity index is 1.63. The number of carbonyl (C=O) groups excluding carboxylic acids is 3. The van der Waals surface area contributed by atoms with Gasteiger partial charge in [0.25, 0.3) is 5.69 Å². The van der Waals surface area contributed by atoms with Crippen LogP contribution in [0.2, 0.25) is 0 Å². The quantitative estimate of drug-likeness (QED) is 0.185. The summed E-state index contributed by atoms with van der Waals surface area (Å²) in [5.74, 6) is -6.80. The van der Waals surface area contributed by atoms with Crippen LogP contribution in [0.3, 0.4) is 0 Å². The lowest BCUT2D eigenvalue weighted by atomic mass is 9.88. The van der Waals surface area contributed by atoms with E-state index in [1.165, 1.54) is 13.8 Å². The van der Waals surface area contributed by atoms with Crippen molar-refractivity contribution in [3.8, 4) is 5.75 Å². The van der Waals surface area contributed by atoms with Gasteiger partial charge in [0.2, 0.25) is 6.17 Å². The molecule has 0 radical (unpaired) electrons. The van der Waals surface area contributed by atoms with Crippen LogP contribution in [-0.2, 0) is 33.2 Å². The number of methoxy groups -OCH3 is 1. The van der Waals surface area contributed by atoms with E-state index in [1.54, 1.807) is 0 Å². The maximum absolute atomic E-state index is 15.6. The Morgan fingerprint density at radius 1 is 1.24 bits per heavy atom. The van der Waals surface area contributed by atoms with Gasteiger partial charge in [0, 0.05) is 12.1 Å². The standard InChI is InChI=1S/C21H22F2N2O12/c1-20(2)32-8-11(36-20)13(35-19(28)33-10-6-4-9(5-7-10)25(29)30)14-12-15(34-18(27)24-12)16(22)21(23,37-14)17(26)31-3/h4-7,11-16H,8H2,1-3H3,(H,24,27)/t11-,12?,13-,14?,15?,16?,21?/m1/s1. The van der Waals surface area contributed by atoms with E-state index in [9.17, 15) is 24.5 Å². The maximum Gasteiger partial charge on any atom is 0.514 e. The third-order valence-corrected chi connectivity index (χ3v) is 5.85. The van der Waals surface area contributed by atoms with Crippen molar-refractivity contribution in [2.24, 2.45) is 0 Å². The van der Waals surface area contributed by atoms with Crippen molar-refractivity contribution < 1.29 is 61.2 Å². The van der Waals surface area contributed by atoms with E-state index >= 15 is 8.78 Å². The average Bonchev–Trinajstić information content (AvgIpc) is 3.41. The minimum atomic E-state index is -3.73. The van der Waals surface area contributed by atoms with Crippen LogP contribution in [0.5, 0.6) is 5.75 Å². The van der Waals surface area contributed by atoms with Crippen molar-refractivity contribution >= 4 is 23.9 Å². The highest BCUT2D eigenvalue weighted by Gasteiger charge is 2.68. The van der Waals surface area contributed by atoms with Gasteiger partial charge in [0.05, 0.1) is 18.6 Å². The number of benzene rings is 1. The van der Waals surface area contributed by atoms with Crippen LogP contribution < -0.4 is 10.1 Å². The summed E-state index contributed by atoms with van der Waals surface area (Å²) < 4.78 is 66.5. The van der Waals surface area contributed by atoms with E-state index in [1.807, 2.05) is 0 Å². The molecule has 0 spiro atoms. The van der Waals surface area contributed by atoms with E-state index < -0.39 is 71.4 Å². The van der Waals surface area contributed by atoms with Gasteiger partial charge in [-0.15, -0.1) is 0 Å². The Morgan fingerprint density at radius 2 is 1.92 bits per heavy atom. The van der Waals surface area contributed by atoms with Crippen molar-refractivity contribution in [3.63, 3.8) is 0 Å². The molecule has 0 aromatic heterocycles. The third-order valence-electron chi connectivity index (χ3n) is 5.85. The largest absolute Gasteiger partial charge is 0.514 e. The van der Waals surface area contributed by atoms with Gasteiger partial charge in [-0.2, -0.15) is 4.39 Å². The fraction of sp³-hybridized carbons (Fsp3) is 0.571. The lowest BCUT2D eigenvalue weighted by Crippen LogP contribution is -2.69.